The highest BCUT2D eigenvalue weighted by Crippen LogP contribution is 2.58. The predicted molar refractivity (Wildman–Crippen MR) is 191 cm³/mol. The Morgan fingerprint density at radius 2 is 0.733 bits per heavy atom. The van der Waals surface area contributed by atoms with Crippen LogP contribution in [0.25, 0.3) is 93.5 Å². The van der Waals surface area contributed by atoms with Crippen LogP contribution in [0.3, 0.4) is 0 Å². The minimum absolute atomic E-state index is 1.22. The minimum Gasteiger partial charge on any atom is -0.309 e. The fraction of sp³-hybridized carbons (Fsp3) is 0. The van der Waals surface area contributed by atoms with Gasteiger partial charge in [0, 0.05) is 16.2 Å². The van der Waals surface area contributed by atoms with Gasteiger partial charge < -0.3 is 4.57 Å². The fourth-order valence-corrected chi connectivity index (χ4v) is 7.97. The topological polar surface area (TPSA) is 4.93 Å². The van der Waals surface area contributed by atoms with Crippen molar-refractivity contribution in [3.05, 3.63) is 164 Å². The first kappa shape index (κ1) is 24.5. The van der Waals surface area contributed by atoms with Crippen LogP contribution in [0, 0.1) is 0 Å². The zero-order valence-electron chi connectivity index (χ0n) is 24.5. The molecule has 0 amide bonds. The molecule has 9 aromatic rings. The third kappa shape index (κ3) is 3.33. The molecule has 1 aromatic heterocycles. The van der Waals surface area contributed by atoms with Crippen LogP contribution in [0.2, 0.25) is 0 Å². The van der Waals surface area contributed by atoms with Crippen LogP contribution in [-0.2, 0) is 0 Å². The fourth-order valence-electron chi connectivity index (χ4n) is 7.97. The second-order valence-corrected chi connectivity index (χ2v) is 12.0. The lowest BCUT2D eigenvalue weighted by molar-refractivity contribution is 1.20. The largest absolute Gasteiger partial charge is 0.309 e. The molecular weight excluding hydrogens is 542 g/mol. The van der Waals surface area contributed by atoms with Crippen LogP contribution in [0.1, 0.15) is 0 Å². The van der Waals surface area contributed by atoms with Crippen molar-refractivity contribution < 1.29 is 0 Å². The van der Waals surface area contributed by atoms with E-state index in [0.29, 0.717) is 0 Å². The third-order valence-electron chi connectivity index (χ3n) is 9.72. The van der Waals surface area contributed by atoms with Crippen LogP contribution >= 0.6 is 0 Å². The molecule has 1 heterocycles. The van der Waals surface area contributed by atoms with Gasteiger partial charge in [-0.2, -0.15) is 0 Å². The predicted octanol–water partition coefficient (Wildman–Crippen LogP) is 12.1. The Kier molecular flexibility index (Phi) is 5.06. The van der Waals surface area contributed by atoms with E-state index in [1.54, 1.807) is 0 Å². The molecule has 10 rings (SSSR count). The molecule has 0 saturated heterocycles. The molecule has 208 valence electrons. The van der Waals surface area contributed by atoms with Gasteiger partial charge in [-0.1, -0.05) is 146 Å². The number of rotatable bonds is 3. The van der Waals surface area contributed by atoms with Crippen LogP contribution < -0.4 is 0 Å². The van der Waals surface area contributed by atoms with E-state index >= 15 is 0 Å². The van der Waals surface area contributed by atoms with E-state index < -0.39 is 0 Å². The first-order valence-electron chi connectivity index (χ1n) is 15.6. The standard InChI is InChI=1S/C44H27N/c1-3-14-28(15-4-1)40-32-20-7-8-21-33(32)41(29-16-5-2-6-17-29)44-36-26-27-39(34-22-13-23-35(42(34)36)43(40)44)45-37-24-11-9-18-30(37)31-19-10-12-25-38(31)45/h1-27H. The first-order chi connectivity index (χ1) is 22.4. The summed E-state index contributed by atoms with van der Waals surface area (Å²) < 4.78 is 2.46. The van der Waals surface area contributed by atoms with Crippen molar-refractivity contribution in [2.24, 2.45) is 0 Å². The molecule has 1 aliphatic rings. The highest BCUT2D eigenvalue weighted by molar-refractivity contribution is 6.28. The number of para-hydroxylation sites is 2. The smallest absolute Gasteiger partial charge is 0.0541 e. The molecule has 45 heavy (non-hydrogen) atoms. The van der Waals surface area contributed by atoms with Crippen molar-refractivity contribution in [1.82, 2.24) is 4.57 Å². The summed E-state index contributed by atoms with van der Waals surface area (Å²) in [7, 11) is 0. The number of benzene rings is 8. The number of hydrogen-bond donors (Lipinski definition) is 0. The Hall–Kier alpha value is -5.92. The van der Waals surface area contributed by atoms with E-state index in [1.165, 1.54) is 93.5 Å². The molecule has 8 aromatic carbocycles. The summed E-state index contributed by atoms with van der Waals surface area (Å²) in [6.45, 7) is 0. The summed E-state index contributed by atoms with van der Waals surface area (Å²) in [4.78, 5) is 0. The highest BCUT2D eigenvalue weighted by atomic mass is 15.0. The van der Waals surface area contributed by atoms with Crippen molar-refractivity contribution in [2.75, 3.05) is 0 Å². The number of fused-ring (bicyclic) bond motifs is 7. The summed E-state index contributed by atoms with van der Waals surface area (Å²) in [5, 5.41) is 7.74. The zero-order valence-corrected chi connectivity index (χ0v) is 24.5. The second-order valence-electron chi connectivity index (χ2n) is 12.0. The van der Waals surface area contributed by atoms with Gasteiger partial charge in [-0.15, -0.1) is 0 Å². The maximum Gasteiger partial charge on any atom is 0.0541 e. The molecule has 0 aliphatic heterocycles. The van der Waals surface area contributed by atoms with Gasteiger partial charge in [0.1, 0.15) is 0 Å². The Labute approximate surface area is 261 Å². The monoisotopic (exact) mass is 569 g/mol. The van der Waals surface area contributed by atoms with E-state index in [9.17, 15) is 0 Å². The Balaban J connectivity index is 1.39. The minimum atomic E-state index is 1.22. The number of hydrogen-bond acceptors (Lipinski definition) is 0. The van der Waals surface area contributed by atoms with Gasteiger partial charge >= 0.3 is 0 Å². The second kappa shape index (κ2) is 9.29. The van der Waals surface area contributed by atoms with Gasteiger partial charge in [0.05, 0.1) is 16.7 Å². The van der Waals surface area contributed by atoms with E-state index in [1.807, 2.05) is 0 Å². The molecule has 0 radical (unpaired) electrons. The van der Waals surface area contributed by atoms with E-state index in [0.717, 1.165) is 0 Å². The maximum atomic E-state index is 2.46. The van der Waals surface area contributed by atoms with Crippen LogP contribution in [0.4, 0.5) is 0 Å². The third-order valence-corrected chi connectivity index (χ3v) is 9.72. The molecule has 0 fully saturated rings. The van der Waals surface area contributed by atoms with Crippen LogP contribution in [0.15, 0.2) is 164 Å². The van der Waals surface area contributed by atoms with E-state index in [2.05, 4.69) is 168 Å². The molecule has 0 N–H and O–H groups in total. The molecular formula is C44H27N. The van der Waals surface area contributed by atoms with Gasteiger partial charge in [-0.05, 0) is 78.9 Å². The van der Waals surface area contributed by atoms with Crippen molar-refractivity contribution in [3.63, 3.8) is 0 Å². The molecule has 1 heteroatoms. The van der Waals surface area contributed by atoms with Gasteiger partial charge in [0.15, 0.2) is 0 Å². The van der Waals surface area contributed by atoms with Gasteiger partial charge in [-0.25, -0.2) is 0 Å². The average Bonchev–Trinajstić information content (AvgIpc) is 3.62. The van der Waals surface area contributed by atoms with Gasteiger partial charge in [0.25, 0.3) is 0 Å². The lowest BCUT2D eigenvalue weighted by atomic mass is 9.82. The summed E-state index contributed by atoms with van der Waals surface area (Å²) in [6, 6.07) is 60.1. The molecule has 0 atom stereocenters. The lowest BCUT2D eigenvalue weighted by Gasteiger charge is -2.20. The summed E-state index contributed by atoms with van der Waals surface area (Å²) in [6.07, 6.45) is 0. The Morgan fingerprint density at radius 3 is 1.29 bits per heavy atom. The molecule has 1 aliphatic carbocycles. The van der Waals surface area contributed by atoms with Gasteiger partial charge in [0.2, 0.25) is 0 Å². The maximum absolute atomic E-state index is 2.46. The summed E-state index contributed by atoms with van der Waals surface area (Å²) in [5.41, 5.74) is 14.1. The van der Waals surface area contributed by atoms with Gasteiger partial charge in [-0.3, -0.25) is 0 Å². The summed E-state index contributed by atoms with van der Waals surface area (Å²) >= 11 is 0. The Morgan fingerprint density at radius 1 is 0.289 bits per heavy atom. The summed E-state index contributed by atoms with van der Waals surface area (Å²) in [5.74, 6) is 0. The van der Waals surface area contributed by atoms with Crippen molar-refractivity contribution >= 4 is 43.4 Å². The quantitative estimate of drug-likeness (QED) is 0.199. The van der Waals surface area contributed by atoms with Crippen molar-refractivity contribution in [2.45, 2.75) is 0 Å². The van der Waals surface area contributed by atoms with Crippen LogP contribution in [0.5, 0.6) is 0 Å². The number of aromatic nitrogens is 1. The molecule has 1 nitrogen and oxygen atoms in total. The normalized spacial score (nSPS) is 12.0. The van der Waals surface area contributed by atoms with E-state index in [4.69, 9.17) is 0 Å². The van der Waals surface area contributed by atoms with Crippen molar-refractivity contribution in [3.8, 4) is 50.2 Å². The molecule has 0 spiro atoms. The van der Waals surface area contributed by atoms with E-state index in [-0.39, 0.29) is 0 Å². The lowest BCUT2D eigenvalue weighted by Crippen LogP contribution is -1.95. The average molecular weight is 570 g/mol. The SMILES string of the molecule is c1ccc(-c2c3c(c(-c4ccccc4)c4ccccc24)-c2ccc(-n4c5ccccc5c5ccccc54)c4cccc-3c24)cc1. The van der Waals surface area contributed by atoms with Crippen LogP contribution in [-0.4, -0.2) is 4.57 Å². The zero-order chi connectivity index (χ0) is 29.5. The number of nitrogens with zero attached hydrogens (tertiary/aromatic N) is 1. The van der Waals surface area contributed by atoms with Crippen molar-refractivity contribution in [1.29, 1.82) is 0 Å². The molecule has 0 unspecified atom stereocenters. The first-order valence-corrected chi connectivity index (χ1v) is 15.6. The molecule has 0 saturated carbocycles. The highest BCUT2D eigenvalue weighted by Gasteiger charge is 2.31. The Bertz CT molecular complexity index is 2480. The molecule has 0 bridgehead atoms.